The van der Waals surface area contributed by atoms with E-state index in [0.717, 1.165) is 35.7 Å². The van der Waals surface area contributed by atoms with Crippen LogP contribution in [0.2, 0.25) is 0 Å². The lowest BCUT2D eigenvalue weighted by Crippen LogP contribution is -1.93. The molecule has 0 fully saturated rings. The van der Waals surface area contributed by atoms with E-state index in [9.17, 15) is 13.6 Å². The van der Waals surface area contributed by atoms with Crippen molar-refractivity contribution < 1.29 is 23.1 Å². The van der Waals surface area contributed by atoms with E-state index < -0.39 is 13.8 Å². The second kappa shape index (κ2) is 14.0. The van der Waals surface area contributed by atoms with Gasteiger partial charge in [0.1, 0.15) is 0 Å². The summed E-state index contributed by atoms with van der Waals surface area (Å²) in [5.41, 5.74) is 6.91. The van der Waals surface area contributed by atoms with Crippen LogP contribution in [0, 0.1) is 0 Å². The molecule has 0 amide bonds. The zero-order valence-corrected chi connectivity index (χ0v) is 23.8. The summed E-state index contributed by atoms with van der Waals surface area (Å²) in [5, 5.41) is 0. The van der Waals surface area contributed by atoms with Crippen molar-refractivity contribution in [2.45, 2.75) is 55.0 Å². The largest absolute Gasteiger partial charge is 0.399 e. The summed E-state index contributed by atoms with van der Waals surface area (Å²) in [4.78, 5) is 1.31. The topological polar surface area (TPSA) is 35.5 Å². The molecule has 188 valence electrons. The van der Waals surface area contributed by atoms with Gasteiger partial charge in [-0.1, -0.05) is 72.2 Å². The maximum Gasteiger partial charge on any atom is 0.399 e. The van der Waals surface area contributed by atoms with Gasteiger partial charge in [0.2, 0.25) is 0 Å². The van der Waals surface area contributed by atoms with Crippen LogP contribution >= 0.6 is 47.0 Å². The number of benzene rings is 3. The molecule has 0 radical (unpaired) electrons. The Hall–Kier alpha value is -1.15. The fraction of sp³-hybridized carbons (Fsp3) is 0.308. The van der Waals surface area contributed by atoms with Gasteiger partial charge in [0.05, 0.1) is 6.16 Å². The normalized spacial score (nSPS) is 11.7. The first kappa shape index (κ1) is 28.4. The molecule has 0 aliphatic carbocycles. The molecule has 0 aliphatic heterocycles. The van der Waals surface area contributed by atoms with Crippen molar-refractivity contribution in [1.29, 1.82) is 0 Å². The minimum absolute atomic E-state index is 0.443. The number of aryl methyl sites for hydroxylation is 2. The van der Waals surface area contributed by atoms with E-state index in [-0.39, 0.29) is 0 Å². The number of thioether (sulfide) groups is 2. The molecule has 3 aromatic rings. The Morgan fingerprint density at radius 2 is 1.34 bits per heavy atom. The lowest BCUT2D eigenvalue weighted by molar-refractivity contribution is -0.0881. The first-order chi connectivity index (χ1) is 16.9. The molecular formula is C26H28BrF2O3PS2. The van der Waals surface area contributed by atoms with E-state index in [0.29, 0.717) is 10.0 Å². The molecule has 0 unspecified atom stereocenters. The second-order valence-electron chi connectivity index (χ2n) is 8.07. The van der Waals surface area contributed by atoms with Gasteiger partial charge >= 0.3 is 7.60 Å². The van der Waals surface area contributed by atoms with Gasteiger partial charge in [-0.05, 0) is 73.5 Å². The highest BCUT2D eigenvalue weighted by Gasteiger charge is 2.29. The van der Waals surface area contributed by atoms with Crippen LogP contribution in [0.4, 0.5) is 9.05 Å². The van der Waals surface area contributed by atoms with Crippen molar-refractivity contribution in [3.8, 4) is 0 Å². The maximum atomic E-state index is 12.3. The average molecular weight is 602 g/mol. The molecule has 3 aromatic carbocycles. The summed E-state index contributed by atoms with van der Waals surface area (Å²) in [7, 11) is -4.41. The van der Waals surface area contributed by atoms with E-state index in [4.69, 9.17) is 0 Å². The summed E-state index contributed by atoms with van der Waals surface area (Å²) in [6.45, 7) is 4.41. The molecule has 0 aromatic heterocycles. The molecule has 0 atom stereocenters. The molecule has 0 N–H and O–H groups in total. The minimum Gasteiger partial charge on any atom is -0.254 e. The Kier molecular flexibility index (Phi) is 11.3. The van der Waals surface area contributed by atoms with E-state index in [2.05, 4.69) is 81.7 Å². The Labute approximate surface area is 222 Å². The lowest BCUT2D eigenvalue weighted by atomic mass is 10.0. The van der Waals surface area contributed by atoms with Crippen molar-refractivity contribution in [1.82, 2.24) is 0 Å². The zero-order chi connectivity index (χ0) is 25.3. The number of rotatable bonds is 13. The monoisotopic (exact) mass is 600 g/mol. The molecule has 0 saturated heterocycles. The van der Waals surface area contributed by atoms with E-state index in [1.165, 1.54) is 27.1 Å². The van der Waals surface area contributed by atoms with Gasteiger partial charge in [-0.2, -0.15) is 11.8 Å². The third-order valence-electron chi connectivity index (χ3n) is 5.60. The van der Waals surface area contributed by atoms with Crippen LogP contribution in [0.1, 0.15) is 47.2 Å². The third kappa shape index (κ3) is 8.44. The van der Waals surface area contributed by atoms with Crippen LogP contribution in [0.25, 0.3) is 0 Å². The Morgan fingerprint density at radius 3 is 1.94 bits per heavy atom. The quantitative estimate of drug-likeness (QED) is 0.144. The average Bonchev–Trinajstić information content (AvgIpc) is 2.89. The molecule has 0 spiro atoms. The SMILES string of the molecule is CCc1ccc(SCc2ccc(CSCc3ccc(CP(=O)(OF)OF)c(Br)c3)cc2)cc1CC. The molecule has 9 heteroatoms. The maximum absolute atomic E-state index is 12.3. The predicted molar refractivity (Wildman–Crippen MR) is 146 cm³/mol. The van der Waals surface area contributed by atoms with Gasteiger partial charge in [0.15, 0.2) is 0 Å². The minimum atomic E-state index is -4.41. The molecule has 0 saturated carbocycles. The zero-order valence-electron chi connectivity index (χ0n) is 19.6. The third-order valence-corrected chi connectivity index (χ3v) is 9.62. The van der Waals surface area contributed by atoms with Gasteiger partial charge in [-0.25, -0.2) is 0 Å². The molecule has 3 rings (SSSR count). The fourth-order valence-electron chi connectivity index (χ4n) is 3.63. The molecule has 0 bridgehead atoms. The standard InChI is InChI=1S/C26H28BrF2O3PS2/c1-3-22-11-12-25(14-23(22)4-2)35-18-20-7-5-19(6-8-20)16-34-17-21-9-10-24(26(27)13-21)15-33(30,31-28)32-29/h5-14H,3-4,15-18H2,1-2H3. The van der Waals surface area contributed by atoms with Crippen LogP contribution in [0.15, 0.2) is 70.0 Å². The van der Waals surface area contributed by atoms with E-state index in [1.807, 2.05) is 23.9 Å². The first-order valence-electron chi connectivity index (χ1n) is 11.3. The van der Waals surface area contributed by atoms with Crippen LogP contribution in [-0.2, 0) is 50.3 Å². The van der Waals surface area contributed by atoms with Crippen molar-refractivity contribution >= 4 is 47.0 Å². The second-order valence-corrected chi connectivity index (χ2v) is 12.8. The summed E-state index contributed by atoms with van der Waals surface area (Å²) < 4.78 is 43.3. The van der Waals surface area contributed by atoms with Gasteiger partial charge < -0.3 is 0 Å². The van der Waals surface area contributed by atoms with Crippen LogP contribution in [0.3, 0.4) is 0 Å². The highest BCUT2D eigenvalue weighted by Crippen LogP contribution is 2.53. The summed E-state index contributed by atoms with van der Waals surface area (Å²) in [6, 6.07) is 20.9. The molecule has 35 heavy (non-hydrogen) atoms. The fourth-order valence-corrected chi connectivity index (χ4v) is 7.08. The molecular weight excluding hydrogens is 573 g/mol. The van der Waals surface area contributed by atoms with Crippen LogP contribution in [-0.4, -0.2) is 0 Å². The summed E-state index contributed by atoms with van der Waals surface area (Å²) >= 11 is 7.00. The molecule has 0 heterocycles. The smallest absolute Gasteiger partial charge is 0.254 e. The number of hydrogen-bond donors (Lipinski definition) is 0. The van der Waals surface area contributed by atoms with Crippen molar-refractivity contribution in [2.24, 2.45) is 0 Å². The Bertz CT molecular complexity index is 1150. The summed E-state index contributed by atoms with van der Waals surface area (Å²) in [6.07, 6.45) is 1.64. The highest BCUT2D eigenvalue weighted by atomic mass is 79.9. The van der Waals surface area contributed by atoms with Crippen molar-refractivity contribution in [2.75, 3.05) is 0 Å². The first-order valence-corrected chi connectivity index (χ1v) is 15.9. The summed E-state index contributed by atoms with van der Waals surface area (Å²) in [5.74, 6) is 2.57. The van der Waals surface area contributed by atoms with Crippen molar-refractivity contribution in [3.05, 3.63) is 98.5 Å². The number of halogens is 3. The van der Waals surface area contributed by atoms with Crippen molar-refractivity contribution in [3.63, 3.8) is 0 Å². The highest BCUT2D eigenvalue weighted by molar-refractivity contribution is 9.10. The number of hydrogen-bond acceptors (Lipinski definition) is 5. The van der Waals surface area contributed by atoms with Gasteiger partial charge in [-0.15, -0.1) is 21.2 Å². The van der Waals surface area contributed by atoms with Crippen LogP contribution < -0.4 is 0 Å². The van der Waals surface area contributed by atoms with E-state index in [1.54, 1.807) is 17.8 Å². The van der Waals surface area contributed by atoms with Gasteiger partial charge in [0, 0.05) is 26.6 Å². The van der Waals surface area contributed by atoms with Gasteiger partial charge in [-0.3, -0.25) is 4.57 Å². The molecule has 0 aliphatic rings. The molecule has 3 nitrogen and oxygen atoms in total. The lowest BCUT2D eigenvalue weighted by Gasteiger charge is -2.10. The van der Waals surface area contributed by atoms with Crippen LogP contribution in [0.5, 0.6) is 0 Å². The Balaban J connectivity index is 1.48. The van der Waals surface area contributed by atoms with Gasteiger partial charge in [0.25, 0.3) is 0 Å². The van der Waals surface area contributed by atoms with E-state index >= 15 is 0 Å². The Morgan fingerprint density at radius 1 is 0.771 bits per heavy atom. The predicted octanol–water partition coefficient (Wildman–Crippen LogP) is 9.79.